The topological polar surface area (TPSA) is 157 Å². The highest BCUT2D eigenvalue weighted by Crippen LogP contribution is 2.26. The fourth-order valence-electron chi connectivity index (χ4n) is 3.64. The van der Waals surface area contributed by atoms with Gasteiger partial charge in [-0.15, -0.1) is 0 Å². The fourth-order valence-corrected chi connectivity index (χ4v) is 3.64. The van der Waals surface area contributed by atoms with Crippen molar-refractivity contribution in [1.82, 2.24) is 19.9 Å². The molecule has 2 aliphatic rings. The number of aliphatic carboxylic acids is 3. The number of carbonyl (C=O) groups is 3. The van der Waals surface area contributed by atoms with Crippen molar-refractivity contribution < 1.29 is 69.2 Å². The number of halogens is 9. The average molecular weight is 651 g/mol. The maximum absolute atomic E-state index is 10.6. The van der Waals surface area contributed by atoms with Crippen molar-refractivity contribution in [2.24, 2.45) is 0 Å². The number of hydrogen-bond acceptors (Lipinski definition) is 8. The second-order valence-corrected chi connectivity index (χ2v) is 8.82. The maximum Gasteiger partial charge on any atom is 0.490 e. The molecule has 246 valence electrons. The molecule has 2 aromatic rings. The van der Waals surface area contributed by atoms with Crippen LogP contribution >= 0.6 is 0 Å². The number of carboxylic acids is 3. The summed E-state index contributed by atoms with van der Waals surface area (Å²) < 4.78 is 95.2. The SMILES string of the molecule is O=C(O)C(F)(F)F.O=C(O)C(F)(F)F.O=C(O)C(F)(F)F.c1ccc(CN2CCc3ncnc(N4CCCC4)c3CC2)nc1. The van der Waals surface area contributed by atoms with Gasteiger partial charge in [-0.1, -0.05) is 6.07 Å². The first-order valence-corrected chi connectivity index (χ1v) is 12.3. The Hall–Kier alpha value is -4.23. The van der Waals surface area contributed by atoms with E-state index in [9.17, 15) is 39.5 Å². The normalized spacial score (nSPS) is 15.2. The largest absolute Gasteiger partial charge is 0.490 e. The standard InChI is InChI=1S/C18H23N5.3C2HF3O2/c1-2-8-19-15(5-1)13-22-11-6-16-17(7-12-22)20-14-21-18(16)23-9-3-4-10-23;3*3-2(4,5)1(6)7/h1-2,5,8,14H,3-4,6-7,9-13H2;3*(H,6,7). The van der Waals surface area contributed by atoms with E-state index in [4.69, 9.17) is 29.7 Å². The van der Waals surface area contributed by atoms with E-state index in [1.54, 1.807) is 6.33 Å². The molecule has 3 N–H and O–H groups in total. The molecule has 0 saturated carbocycles. The van der Waals surface area contributed by atoms with Crippen LogP contribution in [0.2, 0.25) is 0 Å². The Bertz CT molecular complexity index is 1160. The van der Waals surface area contributed by atoms with Crippen molar-refractivity contribution >= 4 is 23.7 Å². The van der Waals surface area contributed by atoms with Gasteiger partial charge < -0.3 is 20.2 Å². The molecule has 20 heteroatoms. The zero-order chi connectivity index (χ0) is 33.7. The molecule has 1 saturated heterocycles. The van der Waals surface area contributed by atoms with E-state index in [1.165, 1.54) is 29.9 Å². The lowest BCUT2D eigenvalue weighted by atomic mass is 10.1. The van der Waals surface area contributed by atoms with Crippen molar-refractivity contribution in [2.75, 3.05) is 31.1 Å². The van der Waals surface area contributed by atoms with Crippen LogP contribution in [-0.4, -0.2) is 97.8 Å². The van der Waals surface area contributed by atoms with Gasteiger partial charge >= 0.3 is 36.4 Å². The van der Waals surface area contributed by atoms with Crippen LogP contribution in [0.15, 0.2) is 30.7 Å². The van der Waals surface area contributed by atoms with Gasteiger partial charge in [0.15, 0.2) is 0 Å². The van der Waals surface area contributed by atoms with Crippen molar-refractivity contribution in [3.8, 4) is 0 Å². The summed E-state index contributed by atoms with van der Waals surface area (Å²) in [5.74, 6) is -7.08. The van der Waals surface area contributed by atoms with Gasteiger partial charge in [-0.2, -0.15) is 39.5 Å². The van der Waals surface area contributed by atoms with Gasteiger partial charge in [-0.25, -0.2) is 24.4 Å². The molecule has 4 heterocycles. The van der Waals surface area contributed by atoms with E-state index in [-0.39, 0.29) is 0 Å². The summed E-state index contributed by atoms with van der Waals surface area (Å²) in [5, 5.41) is 21.4. The molecular formula is C24H26F9N5O6. The first-order chi connectivity index (χ1) is 20.2. The second-order valence-electron chi connectivity index (χ2n) is 8.82. The minimum Gasteiger partial charge on any atom is -0.475 e. The van der Waals surface area contributed by atoms with E-state index in [2.05, 4.69) is 36.9 Å². The van der Waals surface area contributed by atoms with Gasteiger partial charge in [0.1, 0.15) is 12.1 Å². The average Bonchev–Trinajstić information content (AvgIpc) is 3.37. The Morgan fingerprint density at radius 3 is 1.61 bits per heavy atom. The van der Waals surface area contributed by atoms with Gasteiger partial charge in [0.25, 0.3) is 0 Å². The molecule has 0 unspecified atom stereocenters. The predicted octanol–water partition coefficient (Wildman–Crippen LogP) is 3.97. The van der Waals surface area contributed by atoms with Crippen molar-refractivity contribution in [2.45, 2.75) is 50.8 Å². The number of aromatic nitrogens is 3. The lowest BCUT2D eigenvalue weighted by molar-refractivity contribution is -0.193. The smallest absolute Gasteiger partial charge is 0.475 e. The van der Waals surface area contributed by atoms with Gasteiger partial charge in [0.2, 0.25) is 0 Å². The molecule has 2 aromatic heterocycles. The van der Waals surface area contributed by atoms with Gasteiger partial charge in [0.05, 0.1) is 11.4 Å². The highest BCUT2D eigenvalue weighted by atomic mass is 19.4. The zero-order valence-corrected chi connectivity index (χ0v) is 22.5. The summed E-state index contributed by atoms with van der Waals surface area (Å²) in [7, 11) is 0. The fraction of sp³-hybridized carbons (Fsp3) is 0.500. The summed E-state index contributed by atoms with van der Waals surface area (Å²) in [5.41, 5.74) is 3.76. The number of alkyl halides is 9. The molecule has 0 radical (unpaired) electrons. The quantitative estimate of drug-likeness (QED) is 0.413. The third kappa shape index (κ3) is 13.8. The highest BCUT2D eigenvalue weighted by molar-refractivity contribution is 5.73. The summed E-state index contributed by atoms with van der Waals surface area (Å²) in [6.07, 6.45) is -7.02. The monoisotopic (exact) mass is 651 g/mol. The third-order valence-electron chi connectivity index (χ3n) is 5.60. The summed E-state index contributed by atoms with van der Waals surface area (Å²) >= 11 is 0. The van der Waals surface area contributed by atoms with E-state index in [1.807, 2.05) is 12.3 Å². The molecule has 0 atom stereocenters. The highest BCUT2D eigenvalue weighted by Gasteiger charge is 2.39. The Labute approximate surface area is 243 Å². The van der Waals surface area contributed by atoms with Gasteiger partial charge in [-0.05, 0) is 31.4 Å². The number of nitrogens with zero attached hydrogens (tertiary/aromatic N) is 5. The van der Waals surface area contributed by atoms with Crippen molar-refractivity contribution in [3.63, 3.8) is 0 Å². The molecule has 11 nitrogen and oxygen atoms in total. The van der Waals surface area contributed by atoms with Crippen LogP contribution in [-0.2, 0) is 33.8 Å². The first kappa shape index (κ1) is 37.8. The molecule has 44 heavy (non-hydrogen) atoms. The second kappa shape index (κ2) is 16.6. The van der Waals surface area contributed by atoms with E-state index in [0.717, 1.165) is 51.3 Å². The summed E-state index contributed by atoms with van der Waals surface area (Å²) in [4.78, 5) is 45.2. The molecule has 0 spiro atoms. The lowest BCUT2D eigenvalue weighted by Crippen LogP contribution is -2.26. The van der Waals surface area contributed by atoms with Crippen LogP contribution < -0.4 is 4.90 Å². The Morgan fingerprint density at radius 2 is 1.18 bits per heavy atom. The molecular weight excluding hydrogens is 625 g/mol. The van der Waals surface area contributed by atoms with Crippen LogP contribution in [0.5, 0.6) is 0 Å². The Morgan fingerprint density at radius 1 is 0.705 bits per heavy atom. The number of hydrogen-bond donors (Lipinski definition) is 3. The number of carboxylic acid groups (broad SMARTS) is 3. The van der Waals surface area contributed by atoms with Crippen LogP contribution in [0.3, 0.4) is 0 Å². The molecule has 2 aliphatic heterocycles. The lowest BCUT2D eigenvalue weighted by Gasteiger charge is -2.21. The maximum atomic E-state index is 10.6. The van der Waals surface area contributed by atoms with Gasteiger partial charge in [0, 0.05) is 50.9 Å². The minimum absolute atomic E-state index is 0.918. The van der Waals surface area contributed by atoms with Crippen LogP contribution in [0, 0.1) is 0 Å². The molecule has 0 bridgehead atoms. The molecule has 0 aromatic carbocycles. The minimum atomic E-state index is -5.08. The van der Waals surface area contributed by atoms with Crippen LogP contribution in [0.4, 0.5) is 45.3 Å². The van der Waals surface area contributed by atoms with Crippen molar-refractivity contribution in [3.05, 3.63) is 47.7 Å². The summed E-state index contributed by atoms with van der Waals surface area (Å²) in [6.45, 7) is 5.29. The van der Waals surface area contributed by atoms with Crippen LogP contribution in [0.25, 0.3) is 0 Å². The number of fused-ring (bicyclic) bond motifs is 1. The number of pyridine rings is 1. The van der Waals surface area contributed by atoms with Crippen LogP contribution in [0.1, 0.15) is 29.8 Å². The summed E-state index contributed by atoms with van der Waals surface area (Å²) in [6, 6.07) is 6.14. The first-order valence-electron chi connectivity index (χ1n) is 12.3. The Kier molecular flexibility index (Phi) is 14.2. The van der Waals surface area contributed by atoms with E-state index >= 15 is 0 Å². The predicted molar refractivity (Wildman–Crippen MR) is 131 cm³/mol. The number of rotatable bonds is 3. The Balaban J connectivity index is 0.000000379. The molecule has 4 rings (SSSR count). The number of anilines is 1. The zero-order valence-electron chi connectivity index (χ0n) is 22.5. The van der Waals surface area contributed by atoms with Gasteiger partial charge in [-0.3, -0.25) is 9.88 Å². The molecule has 0 aliphatic carbocycles. The molecule has 0 amide bonds. The van der Waals surface area contributed by atoms with Crippen molar-refractivity contribution in [1.29, 1.82) is 0 Å². The third-order valence-corrected chi connectivity index (χ3v) is 5.60. The van der Waals surface area contributed by atoms with E-state index < -0.39 is 36.4 Å². The van der Waals surface area contributed by atoms with E-state index in [0.29, 0.717) is 0 Å². The molecule has 1 fully saturated rings.